The summed E-state index contributed by atoms with van der Waals surface area (Å²) in [6, 6.07) is 16.3. The molecule has 0 spiro atoms. The van der Waals surface area contributed by atoms with E-state index >= 15 is 0 Å². The van der Waals surface area contributed by atoms with Gasteiger partial charge in [0.05, 0.1) is 5.41 Å². The third-order valence-electron chi connectivity index (χ3n) is 7.45. The number of carbonyl (C=O) groups is 3. The molecule has 0 radical (unpaired) electrons. The van der Waals surface area contributed by atoms with Crippen molar-refractivity contribution in [3.05, 3.63) is 71.3 Å². The van der Waals surface area contributed by atoms with Crippen molar-refractivity contribution in [1.29, 1.82) is 0 Å². The number of carboxylic acid groups (broad SMARTS) is 1. The Kier molecular flexibility index (Phi) is 6.96. The number of carboxylic acids is 1. The van der Waals surface area contributed by atoms with Gasteiger partial charge >= 0.3 is 12.1 Å². The largest absolute Gasteiger partial charge is 0.481 e. The summed E-state index contributed by atoms with van der Waals surface area (Å²) < 4.78 is 5.52. The summed E-state index contributed by atoms with van der Waals surface area (Å²) in [6.07, 6.45) is 1.53. The molecule has 1 aliphatic heterocycles. The van der Waals surface area contributed by atoms with Crippen molar-refractivity contribution in [2.24, 2.45) is 11.3 Å². The second kappa shape index (κ2) is 9.94. The highest BCUT2D eigenvalue weighted by atomic mass is 16.5. The van der Waals surface area contributed by atoms with E-state index in [0.29, 0.717) is 18.5 Å². The Hall–Kier alpha value is -3.61. The third-order valence-corrected chi connectivity index (χ3v) is 7.45. The highest BCUT2D eigenvalue weighted by molar-refractivity contribution is 5.94. The SMILES string of the molecule is C/C(=C\CNC(=O)OCC1c2ccccc2-c2ccccc21)C(=O)N1CCC(C(=O)O)(C(C)C)C1. The topological polar surface area (TPSA) is 95.9 Å². The van der Waals surface area contributed by atoms with Crippen molar-refractivity contribution in [2.45, 2.75) is 33.1 Å². The van der Waals surface area contributed by atoms with Crippen molar-refractivity contribution >= 4 is 18.0 Å². The minimum atomic E-state index is -0.907. The fraction of sp³-hybridized carbons (Fsp3) is 0.393. The lowest BCUT2D eigenvalue weighted by Crippen LogP contribution is -2.40. The Morgan fingerprint density at radius 3 is 2.26 bits per heavy atom. The minimum Gasteiger partial charge on any atom is -0.481 e. The molecule has 2 N–H and O–H groups in total. The number of fused-ring (bicyclic) bond motifs is 3. The predicted octanol–water partition coefficient (Wildman–Crippen LogP) is 4.43. The fourth-order valence-electron chi connectivity index (χ4n) is 5.17. The molecule has 0 aromatic heterocycles. The van der Waals surface area contributed by atoms with Crippen LogP contribution in [0.1, 0.15) is 44.2 Å². The number of ether oxygens (including phenoxy) is 1. The number of carbonyl (C=O) groups excluding carboxylic acids is 2. The fourth-order valence-corrected chi connectivity index (χ4v) is 5.17. The molecule has 7 heteroatoms. The van der Waals surface area contributed by atoms with E-state index in [1.807, 2.05) is 38.1 Å². The van der Waals surface area contributed by atoms with Crippen molar-refractivity contribution < 1.29 is 24.2 Å². The molecule has 1 saturated heterocycles. The van der Waals surface area contributed by atoms with E-state index in [4.69, 9.17) is 4.74 Å². The van der Waals surface area contributed by atoms with Crippen molar-refractivity contribution in [3.63, 3.8) is 0 Å². The van der Waals surface area contributed by atoms with Gasteiger partial charge in [-0.05, 0) is 41.5 Å². The molecule has 2 aliphatic rings. The van der Waals surface area contributed by atoms with Gasteiger partial charge in [-0.3, -0.25) is 9.59 Å². The number of rotatable bonds is 7. The number of nitrogens with zero attached hydrogens (tertiary/aromatic N) is 1. The van der Waals surface area contributed by atoms with Crippen LogP contribution >= 0.6 is 0 Å². The molecule has 1 fully saturated rings. The molecule has 1 atom stereocenters. The van der Waals surface area contributed by atoms with Gasteiger partial charge in [0, 0.05) is 31.1 Å². The molecular formula is C28H32N2O5. The molecule has 0 bridgehead atoms. The van der Waals surface area contributed by atoms with Crippen LogP contribution in [0.25, 0.3) is 11.1 Å². The van der Waals surface area contributed by atoms with E-state index in [0.717, 1.165) is 11.1 Å². The number of aliphatic carboxylic acids is 1. The second-order valence-corrected chi connectivity index (χ2v) is 9.69. The molecule has 1 heterocycles. The van der Waals surface area contributed by atoms with Crippen LogP contribution < -0.4 is 5.32 Å². The second-order valence-electron chi connectivity index (χ2n) is 9.69. The van der Waals surface area contributed by atoms with E-state index in [-0.39, 0.29) is 37.4 Å². The maximum atomic E-state index is 12.8. The standard InChI is InChI=1S/C28H32N2O5/c1-18(2)28(26(32)33)13-15-30(17-28)25(31)19(3)12-14-29-27(34)35-16-24-22-10-6-4-8-20(22)21-9-5-7-11-23(21)24/h4-12,18,24H,13-17H2,1-3H3,(H,29,34)(H,32,33)/b19-12+. The van der Waals surface area contributed by atoms with Gasteiger partial charge in [0.1, 0.15) is 6.61 Å². The Morgan fingerprint density at radius 1 is 1.11 bits per heavy atom. The average Bonchev–Trinajstić information content (AvgIpc) is 3.44. The number of nitrogens with one attached hydrogen (secondary N) is 1. The van der Waals surface area contributed by atoms with Crippen molar-refractivity contribution in [2.75, 3.05) is 26.2 Å². The van der Waals surface area contributed by atoms with Crippen LogP contribution in [0.5, 0.6) is 0 Å². The lowest BCUT2D eigenvalue weighted by atomic mass is 9.76. The third kappa shape index (κ3) is 4.67. The summed E-state index contributed by atoms with van der Waals surface area (Å²) >= 11 is 0. The molecule has 2 aromatic carbocycles. The van der Waals surface area contributed by atoms with Gasteiger partial charge in [0.15, 0.2) is 0 Å². The van der Waals surface area contributed by atoms with Crippen LogP contribution in [0.4, 0.5) is 4.79 Å². The summed E-state index contributed by atoms with van der Waals surface area (Å²) in [6.45, 7) is 6.42. The Labute approximate surface area is 205 Å². The first-order chi connectivity index (χ1) is 16.7. The van der Waals surface area contributed by atoms with Gasteiger partial charge in [0.25, 0.3) is 0 Å². The van der Waals surface area contributed by atoms with Gasteiger partial charge in [-0.1, -0.05) is 68.5 Å². The molecule has 4 rings (SSSR count). The predicted molar refractivity (Wildman–Crippen MR) is 133 cm³/mol. The molecule has 0 saturated carbocycles. The molecule has 1 unspecified atom stereocenters. The van der Waals surface area contributed by atoms with E-state index in [9.17, 15) is 19.5 Å². The summed E-state index contributed by atoms with van der Waals surface area (Å²) in [7, 11) is 0. The highest BCUT2D eigenvalue weighted by Crippen LogP contribution is 2.44. The Morgan fingerprint density at radius 2 is 1.71 bits per heavy atom. The van der Waals surface area contributed by atoms with Gasteiger partial charge in [-0.15, -0.1) is 0 Å². The monoisotopic (exact) mass is 476 g/mol. The van der Waals surface area contributed by atoms with Crippen molar-refractivity contribution in [3.8, 4) is 11.1 Å². The van der Waals surface area contributed by atoms with Crippen molar-refractivity contribution in [1.82, 2.24) is 10.2 Å². The van der Waals surface area contributed by atoms with Crippen LogP contribution in [0.15, 0.2) is 60.2 Å². The number of benzene rings is 2. The number of likely N-dealkylation sites (tertiary alicyclic amines) is 1. The molecule has 7 nitrogen and oxygen atoms in total. The normalized spacial score (nSPS) is 19.4. The number of amides is 2. The number of hydrogen-bond acceptors (Lipinski definition) is 4. The van der Waals surface area contributed by atoms with E-state index in [2.05, 4.69) is 29.6 Å². The molecule has 2 amide bonds. The quantitative estimate of drug-likeness (QED) is 0.577. The molecule has 35 heavy (non-hydrogen) atoms. The summed E-state index contributed by atoms with van der Waals surface area (Å²) in [5, 5.41) is 12.4. The molecule has 184 valence electrons. The first-order valence-corrected chi connectivity index (χ1v) is 12.0. The van der Waals surface area contributed by atoms with Gasteiger partial charge in [0.2, 0.25) is 5.91 Å². The zero-order valence-electron chi connectivity index (χ0n) is 20.4. The van der Waals surface area contributed by atoms with Crippen LogP contribution in [0, 0.1) is 11.3 Å². The maximum Gasteiger partial charge on any atom is 0.407 e. The summed E-state index contributed by atoms with van der Waals surface area (Å²) in [4.78, 5) is 38.6. The van der Waals surface area contributed by atoms with Crippen LogP contribution in [-0.2, 0) is 14.3 Å². The van der Waals surface area contributed by atoms with Gasteiger partial charge < -0.3 is 20.1 Å². The maximum absolute atomic E-state index is 12.8. The number of alkyl carbamates (subject to hydrolysis) is 1. The zero-order valence-corrected chi connectivity index (χ0v) is 20.4. The van der Waals surface area contributed by atoms with Gasteiger partial charge in [-0.25, -0.2) is 4.79 Å². The van der Waals surface area contributed by atoms with E-state index in [1.165, 1.54) is 11.1 Å². The Bertz CT molecular complexity index is 1130. The summed E-state index contributed by atoms with van der Waals surface area (Å²) in [5.74, 6) is -1.15. The van der Waals surface area contributed by atoms with Crippen LogP contribution in [0.2, 0.25) is 0 Å². The lowest BCUT2D eigenvalue weighted by Gasteiger charge is -2.28. The minimum absolute atomic E-state index is 0.0161. The number of hydrogen-bond donors (Lipinski definition) is 2. The van der Waals surface area contributed by atoms with Crippen LogP contribution in [-0.4, -0.2) is 54.2 Å². The Balaban J connectivity index is 1.30. The van der Waals surface area contributed by atoms with Crippen LogP contribution in [0.3, 0.4) is 0 Å². The summed E-state index contributed by atoms with van der Waals surface area (Å²) in [5.41, 5.74) is 4.18. The molecular weight excluding hydrogens is 444 g/mol. The smallest absolute Gasteiger partial charge is 0.407 e. The highest BCUT2D eigenvalue weighted by Gasteiger charge is 2.48. The first-order valence-electron chi connectivity index (χ1n) is 12.0. The van der Waals surface area contributed by atoms with E-state index < -0.39 is 17.5 Å². The zero-order chi connectivity index (χ0) is 25.2. The first kappa shape index (κ1) is 24.5. The van der Waals surface area contributed by atoms with Gasteiger partial charge in [-0.2, -0.15) is 0 Å². The molecule has 2 aromatic rings. The average molecular weight is 477 g/mol. The van der Waals surface area contributed by atoms with E-state index in [1.54, 1.807) is 17.9 Å². The lowest BCUT2D eigenvalue weighted by molar-refractivity contribution is -0.151. The molecule has 1 aliphatic carbocycles.